The minimum absolute atomic E-state index is 0.0306. The Balaban J connectivity index is 1.88. The number of aromatic hydroxyl groups is 3. The lowest BCUT2D eigenvalue weighted by Gasteiger charge is -2.27. The highest BCUT2D eigenvalue weighted by molar-refractivity contribution is 5.48. The van der Waals surface area contributed by atoms with E-state index in [1.165, 1.54) is 7.11 Å². The van der Waals surface area contributed by atoms with Crippen LogP contribution in [0.1, 0.15) is 22.7 Å². The summed E-state index contributed by atoms with van der Waals surface area (Å²) in [4.78, 5) is 0. The van der Waals surface area contributed by atoms with Gasteiger partial charge in [0, 0.05) is 6.04 Å². The second kappa shape index (κ2) is 5.77. The van der Waals surface area contributed by atoms with Crippen LogP contribution in [0.5, 0.6) is 23.0 Å². The lowest BCUT2D eigenvalue weighted by Crippen LogP contribution is -2.31. The van der Waals surface area contributed by atoms with Crippen LogP contribution in [0.25, 0.3) is 0 Å². The first-order valence-electron chi connectivity index (χ1n) is 7.22. The lowest BCUT2D eigenvalue weighted by molar-refractivity contribution is 0.372. The molecule has 1 aliphatic heterocycles. The van der Waals surface area contributed by atoms with E-state index in [0.717, 1.165) is 29.7 Å². The van der Waals surface area contributed by atoms with Crippen LogP contribution in [-0.4, -0.2) is 29.0 Å². The van der Waals surface area contributed by atoms with Crippen LogP contribution in [0.2, 0.25) is 0 Å². The summed E-state index contributed by atoms with van der Waals surface area (Å²) < 4.78 is 5.05. The summed E-state index contributed by atoms with van der Waals surface area (Å²) in [5.74, 6) is 0.374. The van der Waals surface area contributed by atoms with E-state index in [2.05, 4.69) is 5.32 Å². The van der Waals surface area contributed by atoms with E-state index in [1.54, 1.807) is 24.3 Å². The largest absolute Gasteiger partial charge is 0.504 e. The number of phenols is 3. The number of rotatable bonds is 3. The van der Waals surface area contributed by atoms with E-state index in [-0.39, 0.29) is 23.3 Å². The standard InChI is InChI=1S/C17H19NO4/c1-22-17-3-2-10(7-16(17)21)6-13-12-9-15(20)14(19)8-11(12)4-5-18-13/h2-3,7-9,13,18-21H,4-6H2,1H3/t13-/m1/s1. The molecule has 2 aromatic rings. The van der Waals surface area contributed by atoms with Crippen molar-refractivity contribution in [3.05, 3.63) is 47.0 Å². The Hall–Kier alpha value is -2.40. The monoisotopic (exact) mass is 301 g/mol. The topological polar surface area (TPSA) is 82.0 Å². The van der Waals surface area contributed by atoms with E-state index in [0.29, 0.717) is 12.2 Å². The highest BCUT2D eigenvalue weighted by atomic mass is 16.5. The van der Waals surface area contributed by atoms with Gasteiger partial charge in [-0.3, -0.25) is 0 Å². The molecule has 0 saturated heterocycles. The Labute approximate surface area is 128 Å². The minimum Gasteiger partial charge on any atom is -0.504 e. The Morgan fingerprint density at radius 2 is 1.86 bits per heavy atom. The third kappa shape index (κ3) is 2.67. The summed E-state index contributed by atoms with van der Waals surface area (Å²) in [6, 6.07) is 8.62. The number of hydrogen-bond donors (Lipinski definition) is 4. The molecular formula is C17H19NO4. The number of ether oxygens (including phenoxy) is 1. The first kappa shape index (κ1) is 14.5. The molecule has 1 heterocycles. The van der Waals surface area contributed by atoms with Crippen molar-refractivity contribution in [3.8, 4) is 23.0 Å². The molecule has 0 fully saturated rings. The number of phenolic OH excluding ortho intramolecular Hbond substituents is 3. The Morgan fingerprint density at radius 3 is 2.59 bits per heavy atom. The molecule has 0 bridgehead atoms. The highest BCUT2D eigenvalue weighted by Gasteiger charge is 2.22. The van der Waals surface area contributed by atoms with Crippen molar-refractivity contribution in [2.45, 2.75) is 18.9 Å². The zero-order chi connectivity index (χ0) is 15.7. The van der Waals surface area contributed by atoms with Crippen molar-refractivity contribution in [1.82, 2.24) is 5.32 Å². The molecule has 2 aromatic carbocycles. The summed E-state index contributed by atoms with van der Waals surface area (Å²) in [5, 5.41) is 32.7. The van der Waals surface area contributed by atoms with Crippen LogP contribution in [0.15, 0.2) is 30.3 Å². The number of methoxy groups -OCH3 is 1. The van der Waals surface area contributed by atoms with Crippen LogP contribution in [0.4, 0.5) is 0 Å². The fraction of sp³-hybridized carbons (Fsp3) is 0.294. The summed E-state index contributed by atoms with van der Waals surface area (Å²) in [7, 11) is 1.52. The van der Waals surface area contributed by atoms with Gasteiger partial charge in [-0.05, 0) is 60.3 Å². The van der Waals surface area contributed by atoms with E-state index in [9.17, 15) is 15.3 Å². The lowest BCUT2D eigenvalue weighted by atomic mass is 9.90. The molecule has 22 heavy (non-hydrogen) atoms. The molecule has 5 nitrogen and oxygen atoms in total. The highest BCUT2D eigenvalue weighted by Crippen LogP contribution is 2.35. The minimum atomic E-state index is -0.106. The maximum absolute atomic E-state index is 9.88. The average Bonchev–Trinajstić information content (AvgIpc) is 2.49. The molecule has 116 valence electrons. The first-order chi connectivity index (χ1) is 10.6. The molecular weight excluding hydrogens is 282 g/mol. The molecule has 1 aliphatic rings. The molecule has 0 aliphatic carbocycles. The zero-order valence-electron chi connectivity index (χ0n) is 12.3. The van der Waals surface area contributed by atoms with Crippen LogP contribution >= 0.6 is 0 Å². The molecule has 0 spiro atoms. The predicted octanol–water partition coefficient (Wildman–Crippen LogP) is 2.24. The summed E-state index contributed by atoms with van der Waals surface area (Å²) in [6.07, 6.45) is 1.49. The fourth-order valence-electron chi connectivity index (χ4n) is 2.95. The summed E-state index contributed by atoms with van der Waals surface area (Å²) in [5.41, 5.74) is 2.99. The summed E-state index contributed by atoms with van der Waals surface area (Å²) in [6.45, 7) is 0.810. The maximum Gasteiger partial charge on any atom is 0.160 e. The SMILES string of the molecule is COc1ccc(C[C@H]2NCCc3cc(O)c(O)cc32)cc1O. The van der Waals surface area contributed by atoms with Gasteiger partial charge in [-0.15, -0.1) is 0 Å². The van der Waals surface area contributed by atoms with Crippen LogP contribution in [0, 0.1) is 0 Å². The van der Waals surface area contributed by atoms with E-state index >= 15 is 0 Å². The molecule has 0 aromatic heterocycles. The Kier molecular flexibility index (Phi) is 3.81. The van der Waals surface area contributed by atoms with Crippen molar-refractivity contribution >= 4 is 0 Å². The second-order valence-electron chi connectivity index (χ2n) is 5.51. The molecule has 0 amide bonds. The third-order valence-electron chi connectivity index (χ3n) is 4.08. The molecule has 1 atom stereocenters. The molecule has 0 radical (unpaired) electrons. The van der Waals surface area contributed by atoms with Gasteiger partial charge < -0.3 is 25.4 Å². The van der Waals surface area contributed by atoms with Crippen LogP contribution in [0.3, 0.4) is 0 Å². The number of fused-ring (bicyclic) bond motifs is 1. The van der Waals surface area contributed by atoms with Gasteiger partial charge in [-0.2, -0.15) is 0 Å². The third-order valence-corrected chi connectivity index (χ3v) is 4.08. The van der Waals surface area contributed by atoms with Crippen molar-refractivity contribution in [2.24, 2.45) is 0 Å². The molecule has 0 saturated carbocycles. The van der Waals surface area contributed by atoms with E-state index < -0.39 is 0 Å². The Bertz CT molecular complexity index is 699. The van der Waals surface area contributed by atoms with E-state index in [4.69, 9.17) is 4.74 Å². The van der Waals surface area contributed by atoms with E-state index in [1.807, 2.05) is 6.07 Å². The van der Waals surface area contributed by atoms with Gasteiger partial charge in [-0.25, -0.2) is 0 Å². The molecule has 4 N–H and O–H groups in total. The zero-order valence-corrected chi connectivity index (χ0v) is 12.3. The van der Waals surface area contributed by atoms with Gasteiger partial charge in [0.05, 0.1) is 7.11 Å². The number of nitrogens with one attached hydrogen (secondary N) is 1. The van der Waals surface area contributed by atoms with Gasteiger partial charge in [-0.1, -0.05) is 6.07 Å². The van der Waals surface area contributed by atoms with Gasteiger partial charge in [0.25, 0.3) is 0 Å². The molecule has 3 rings (SSSR count). The predicted molar refractivity (Wildman–Crippen MR) is 82.6 cm³/mol. The molecule has 5 heteroatoms. The maximum atomic E-state index is 9.88. The van der Waals surface area contributed by atoms with Gasteiger partial charge in [0.2, 0.25) is 0 Å². The van der Waals surface area contributed by atoms with Crippen molar-refractivity contribution in [3.63, 3.8) is 0 Å². The van der Waals surface area contributed by atoms with Crippen molar-refractivity contribution in [2.75, 3.05) is 13.7 Å². The van der Waals surface area contributed by atoms with Crippen molar-refractivity contribution < 1.29 is 20.1 Å². The van der Waals surface area contributed by atoms with Crippen LogP contribution < -0.4 is 10.1 Å². The Morgan fingerprint density at radius 1 is 1.09 bits per heavy atom. The van der Waals surface area contributed by atoms with Gasteiger partial charge in [0.1, 0.15) is 0 Å². The second-order valence-corrected chi connectivity index (χ2v) is 5.51. The number of hydrogen-bond acceptors (Lipinski definition) is 5. The smallest absolute Gasteiger partial charge is 0.160 e. The fourth-order valence-corrected chi connectivity index (χ4v) is 2.95. The first-order valence-corrected chi connectivity index (χ1v) is 7.22. The average molecular weight is 301 g/mol. The summed E-state index contributed by atoms with van der Waals surface area (Å²) >= 11 is 0. The molecule has 0 unspecified atom stereocenters. The number of benzene rings is 2. The quantitative estimate of drug-likeness (QED) is 0.654. The van der Waals surface area contributed by atoms with Crippen molar-refractivity contribution in [1.29, 1.82) is 0 Å². The van der Waals surface area contributed by atoms with Gasteiger partial charge >= 0.3 is 0 Å². The van der Waals surface area contributed by atoms with Crippen LogP contribution in [-0.2, 0) is 12.8 Å². The normalized spacial score (nSPS) is 17.0. The van der Waals surface area contributed by atoms with Gasteiger partial charge in [0.15, 0.2) is 23.0 Å².